The van der Waals surface area contributed by atoms with Gasteiger partial charge in [-0.15, -0.1) is 0 Å². The lowest BCUT2D eigenvalue weighted by Crippen LogP contribution is -2.46. The minimum absolute atomic E-state index is 0.0702. The van der Waals surface area contributed by atoms with Crippen LogP contribution in [0.5, 0.6) is 0 Å². The number of rotatable bonds is 4. The van der Waals surface area contributed by atoms with E-state index in [1.165, 1.54) is 0 Å². The van der Waals surface area contributed by atoms with Crippen LogP contribution in [0.1, 0.15) is 37.1 Å². The fraction of sp³-hybridized carbons (Fsp3) is 0.500. The van der Waals surface area contributed by atoms with Crippen LogP contribution in [0.15, 0.2) is 39.9 Å². The molecule has 2 N–H and O–H groups in total. The van der Waals surface area contributed by atoms with Crippen LogP contribution in [-0.2, 0) is 6.54 Å². The van der Waals surface area contributed by atoms with Crippen molar-refractivity contribution in [1.29, 1.82) is 0 Å². The number of nitrogens with zero attached hydrogens (tertiary/aromatic N) is 2. The Hall–Kier alpha value is -2.51. The van der Waals surface area contributed by atoms with Crippen molar-refractivity contribution in [3.63, 3.8) is 0 Å². The van der Waals surface area contributed by atoms with Gasteiger partial charge in [-0.05, 0) is 26.2 Å². The van der Waals surface area contributed by atoms with E-state index in [0.29, 0.717) is 37.0 Å². The summed E-state index contributed by atoms with van der Waals surface area (Å²) in [6.45, 7) is 2.31. The first-order chi connectivity index (χ1) is 13.3. The zero-order valence-electron chi connectivity index (χ0n) is 16.0. The van der Waals surface area contributed by atoms with Crippen molar-refractivity contribution in [2.45, 2.75) is 51.4 Å². The third kappa shape index (κ3) is 5.27. The van der Waals surface area contributed by atoms with E-state index < -0.39 is 12.1 Å². The Labute approximate surface area is 162 Å². The van der Waals surface area contributed by atoms with Crippen LogP contribution in [0.4, 0.5) is 13.2 Å². The summed E-state index contributed by atoms with van der Waals surface area (Å²) in [5.74, 6) is 0.346. The molecule has 0 saturated heterocycles. The van der Waals surface area contributed by atoms with Crippen LogP contribution < -0.4 is 10.6 Å². The molecule has 1 fully saturated rings. The van der Waals surface area contributed by atoms with E-state index in [1.54, 1.807) is 13.2 Å². The van der Waals surface area contributed by atoms with Crippen molar-refractivity contribution in [2.75, 3.05) is 7.05 Å². The summed E-state index contributed by atoms with van der Waals surface area (Å²) in [4.78, 5) is 8.35. The molecule has 8 heteroatoms. The van der Waals surface area contributed by atoms with Crippen LogP contribution in [0.25, 0.3) is 11.3 Å². The highest BCUT2D eigenvalue weighted by atomic mass is 19.4. The van der Waals surface area contributed by atoms with Gasteiger partial charge >= 0.3 is 6.18 Å². The fourth-order valence-corrected chi connectivity index (χ4v) is 3.41. The van der Waals surface area contributed by atoms with Crippen molar-refractivity contribution >= 4 is 5.96 Å². The van der Waals surface area contributed by atoms with E-state index in [4.69, 9.17) is 4.42 Å². The maximum absolute atomic E-state index is 13.0. The number of aryl methyl sites for hydroxylation is 1. The minimum Gasteiger partial charge on any atom is -0.439 e. The highest BCUT2D eigenvalue weighted by Gasteiger charge is 2.42. The first-order valence-electron chi connectivity index (χ1n) is 9.41. The third-order valence-electron chi connectivity index (χ3n) is 5.00. The van der Waals surface area contributed by atoms with Gasteiger partial charge in [0.05, 0.1) is 18.7 Å². The molecule has 2 aromatic rings. The summed E-state index contributed by atoms with van der Waals surface area (Å²) in [6, 6.07) is 7.68. The van der Waals surface area contributed by atoms with Crippen LogP contribution in [0.2, 0.25) is 0 Å². The average Bonchev–Trinajstić information content (AvgIpc) is 3.14. The maximum Gasteiger partial charge on any atom is 0.391 e. The Morgan fingerprint density at radius 1 is 1.25 bits per heavy atom. The zero-order chi connectivity index (χ0) is 20.1. The summed E-state index contributed by atoms with van der Waals surface area (Å²) in [5.41, 5.74) is 2.10. The molecule has 28 heavy (non-hydrogen) atoms. The number of halogens is 3. The molecule has 0 radical (unpaired) electrons. The largest absolute Gasteiger partial charge is 0.439 e. The molecule has 1 aromatic carbocycles. The van der Waals surface area contributed by atoms with Crippen LogP contribution >= 0.6 is 0 Å². The molecule has 1 heterocycles. The van der Waals surface area contributed by atoms with Gasteiger partial charge in [-0.2, -0.15) is 13.2 Å². The molecule has 0 bridgehead atoms. The topological polar surface area (TPSA) is 62.5 Å². The summed E-state index contributed by atoms with van der Waals surface area (Å²) >= 11 is 0. The van der Waals surface area contributed by atoms with Crippen molar-refractivity contribution < 1.29 is 17.6 Å². The lowest BCUT2D eigenvalue weighted by molar-refractivity contribution is -0.183. The Bertz CT molecular complexity index is 799. The van der Waals surface area contributed by atoms with Crippen molar-refractivity contribution in [3.8, 4) is 11.3 Å². The Kier molecular flexibility index (Phi) is 6.26. The van der Waals surface area contributed by atoms with Gasteiger partial charge in [0.1, 0.15) is 0 Å². The maximum atomic E-state index is 13.0. The molecule has 1 aliphatic rings. The summed E-state index contributed by atoms with van der Waals surface area (Å²) in [5, 5.41) is 6.15. The van der Waals surface area contributed by atoms with Crippen molar-refractivity contribution in [3.05, 3.63) is 41.9 Å². The molecule has 0 spiro atoms. The number of guanidine groups is 1. The molecular formula is C20H25F3N4O. The monoisotopic (exact) mass is 394 g/mol. The van der Waals surface area contributed by atoms with E-state index in [9.17, 15) is 13.2 Å². The van der Waals surface area contributed by atoms with Gasteiger partial charge in [-0.25, -0.2) is 4.98 Å². The summed E-state index contributed by atoms with van der Waals surface area (Å²) in [6.07, 6.45) is -0.955. The predicted octanol–water partition coefficient (Wildman–Crippen LogP) is 4.44. The predicted molar refractivity (Wildman–Crippen MR) is 102 cm³/mol. The highest BCUT2D eigenvalue weighted by molar-refractivity contribution is 5.79. The van der Waals surface area contributed by atoms with Gasteiger partial charge in [0.2, 0.25) is 5.89 Å². The van der Waals surface area contributed by atoms with Gasteiger partial charge in [0.15, 0.2) is 11.7 Å². The number of alkyl halides is 3. The van der Waals surface area contributed by atoms with Crippen LogP contribution in [0.3, 0.4) is 0 Å². The lowest BCUT2D eigenvalue weighted by atomic mass is 9.85. The Morgan fingerprint density at radius 3 is 2.68 bits per heavy atom. The first kappa shape index (κ1) is 20.2. The molecule has 1 saturated carbocycles. The highest BCUT2D eigenvalue weighted by Crippen LogP contribution is 2.37. The van der Waals surface area contributed by atoms with E-state index in [-0.39, 0.29) is 18.9 Å². The molecule has 0 amide bonds. The van der Waals surface area contributed by atoms with Gasteiger partial charge < -0.3 is 15.1 Å². The second kappa shape index (κ2) is 8.67. The number of aliphatic imine (C=N–C) groups is 1. The summed E-state index contributed by atoms with van der Waals surface area (Å²) in [7, 11) is 1.59. The normalized spacial score (nSPS) is 20.8. The molecule has 0 aliphatic heterocycles. The number of oxazole rings is 1. The number of hydrogen-bond donors (Lipinski definition) is 2. The number of nitrogens with one attached hydrogen (secondary N) is 2. The number of hydrogen-bond acceptors (Lipinski definition) is 3. The molecule has 5 nitrogen and oxygen atoms in total. The molecule has 152 valence electrons. The second-order valence-corrected chi connectivity index (χ2v) is 7.16. The van der Waals surface area contributed by atoms with E-state index in [0.717, 1.165) is 11.1 Å². The quantitative estimate of drug-likeness (QED) is 0.595. The summed E-state index contributed by atoms with van der Waals surface area (Å²) < 4.78 is 44.7. The van der Waals surface area contributed by atoms with Crippen LogP contribution in [0, 0.1) is 12.8 Å². The van der Waals surface area contributed by atoms with E-state index in [1.807, 2.05) is 31.2 Å². The van der Waals surface area contributed by atoms with Gasteiger partial charge in [-0.3, -0.25) is 4.99 Å². The molecule has 2 atom stereocenters. The minimum atomic E-state index is -4.14. The first-order valence-corrected chi connectivity index (χ1v) is 9.41. The SMILES string of the molecule is CN=C(NCc1ncc(-c2ccc(C)cc2)o1)NC1CCCC(C(F)(F)F)C1. The van der Waals surface area contributed by atoms with Crippen molar-refractivity contribution in [1.82, 2.24) is 15.6 Å². The number of benzene rings is 1. The standard InChI is InChI=1S/C20H25F3N4O/c1-13-6-8-14(9-7-13)17-11-25-18(28-17)12-26-19(24-2)27-16-5-3-4-15(10-16)20(21,22)23/h6-9,11,15-16H,3-5,10,12H2,1-2H3,(H2,24,26,27). The molecule has 3 rings (SSSR count). The Morgan fingerprint density at radius 2 is 2.00 bits per heavy atom. The average molecular weight is 394 g/mol. The van der Waals surface area contributed by atoms with E-state index >= 15 is 0 Å². The second-order valence-electron chi connectivity index (χ2n) is 7.16. The van der Waals surface area contributed by atoms with Crippen molar-refractivity contribution in [2.24, 2.45) is 10.9 Å². The van der Waals surface area contributed by atoms with E-state index in [2.05, 4.69) is 20.6 Å². The number of aromatic nitrogens is 1. The molecule has 1 aliphatic carbocycles. The van der Waals surface area contributed by atoms with Crippen LogP contribution in [-0.4, -0.2) is 30.2 Å². The smallest absolute Gasteiger partial charge is 0.391 e. The van der Waals surface area contributed by atoms with Gasteiger partial charge in [0, 0.05) is 18.7 Å². The molecular weight excluding hydrogens is 369 g/mol. The zero-order valence-corrected chi connectivity index (χ0v) is 16.0. The fourth-order valence-electron chi connectivity index (χ4n) is 3.41. The van der Waals surface area contributed by atoms with Gasteiger partial charge in [-0.1, -0.05) is 36.2 Å². The molecule has 1 aromatic heterocycles. The third-order valence-corrected chi connectivity index (χ3v) is 5.00. The van der Waals surface area contributed by atoms with Gasteiger partial charge in [0.25, 0.3) is 0 Å². The molecule has 2 unspecified atom stereocenters. The lowest BCUT2D eigenvalue weighted by Gasteiger charge is -2.31. The Balaban J connectivity index is 1.54.